The van der Waals surface area contributed by atoms with E-state index < -0.39 is 0 Å². The van der Waals surface area contributed by atoms with Gasteiger partial charge in [0.25, 0.3) is 0 Å². The predicted molar refractivity (Wildman–Crippen MR) is 295 cm³/mol. The fourth-order valence-electron chi connectivity index (χ4n) is 7.14. The Morgan fingerprint density at radius 3 is 0.722 bits per heavy atom. The van der Waals surface area contributed by atoms with E-state index in [2.05, 4.69) is 157 Å². The molecule has 2 N–H and O–H groups in total. The first-order valence-electron chi connectivity index (χ1n) is 22.7. The van der Waals surface area contributed by atoms with E-state index in [4.69, 9.17) is 9.97 Å². The van der Waals surface area contributed by atoms with Gasteiger partial charge in [0.05, 0.1) is 22.8 Å². The number of hydrogen-bond donors (Lipinski definition) is 2. The molecule has 12 nitrogen and oxygen atoms in total. The molecular weight excluding hydrogens is 983 g/mol. The molecule has 2 aliphatic rings. The monoisotopic (exact) mass is 1050 g/mol. The average molecular weight is 1060 g/mol. The van der Waals surface area contributed by atoms with Gasteiger partial charge >= 0.3 is 0 Å². The Kier molecular flexibility index (Phi) is 26.3. The molecule has 0 unspecified atom stereocenters. The number of halogens is 4. The number of allylic oxidation sites excluding steroid dienone is 12. The molecule has 8 bridgehead atoms. The van der Waals surface area contributed by atoms with Crippen molar-refractivity contribution in [2.24, 2.45) is 0 Å². The van der Waals surface area contributed by atoms with Crippen LogP contribution in [0.1, 0.15) is 45.0 Å². The van der Waals surface area contributed by atoms with Crippen molar-refractivity contribution in [3.05, 3.63) is 143 Å². The molecule has 0 atom stereocenters. The zero-order valence-electron chi connectivity index (χ0n) is 44.8. The maximum atomic E-state index is 5.59. The number of hydrogen-bond acceptors (Lipinski definition) is 6. The summed E-state index contributed by atoms with van der Waals surface area (Å²) in [6, 6.07) is 8.66. The highest BCUT2D eigenvalue weighted by atomic mass is 35.5. The Balaban J connectivity index is 0.00000648. The summed E-state index contributed by atoms with van der Waals surface area (Å²) in [6.45, 7) is 0. The van der Waals surface area contributed by atoms with Crippen LogP contribution in [-0.4, -0.2) is 195 Å². The summed E-state index contributed by atoms with van der Waals surface area (Å²) in [5.74, 6) is 0. The Bertz CT molecular complexity index is 2590. The molecule has 0 spiro atoms. The van der Waals surface area contributed by atoms with Gasteiger partial charge in [0, 0.05) is 125 Å². The van der Waals surface area contributed by atoms with Crippen LogP contribution >= 0.6 is 0 Å². The number of H-pyrrole nitrogens is 2. The summed E-state index contributed by atoms with van der Waals surface area (Å²) < 4.78 is 8.20. The fraction of sp³-hybridized carbons (Fsp3) is 0.286. The summed E-state index contributed by atoms with van der Waals surface area (Å²) in [5.41, 5.74) is 14.7. The van der Waals surface area contributed by atoms with Crippen LogP contribution in [-0.2, 0) is 0 Å². The normalized spacial score (nSPS) is 12.6. The predicted octanol–water partition coefficient (Wildman–Crippen LogP) is -4.12. The Morgan fingerprint density at radius 2 is 0.556 bits per heavy atom. The summed E-state index contributed by atoms with van der Waals surface area (Å²) in [7, 11) is 32.6. The number of nitrogens with zero attached hydrogens (tertiary/aromatic N) is 10. The van der Waals surface area contributed by atoms with E-state index >= 15 is 0 Å². The van der Waals surface area contributed by atoms with E-state index in [0.29, 0.717) is 0 Å². The minimum absolute atomic E-state index is 0. The van der Waals surface area contributed by atoms with Crippen molar-refractivity contribution in [1.82, 2.24) is 39.5 Å². The highest BCUT2D eigenvalue weighted by molar-refractivity contribution is 6.03. The molecule has 0 aromatic carbocycles. The van der Waals surface area contributed by atoms with Crippen molar-refractivity contribution in [1.29, 1.82) is 0 Å². The van der Waals surface area contributed by atoms with Gasteiger partial charge in [-0.3, -0.25) is 0 Å². The summed E-state index contributed by atoms with van der Waals surface area (Å²) in [6.07, 6.45) is 42.4. The average Bonchev–Trinajstić information content (AvgIpc) is 4.11. The van der Waals surface area contributed by atoms with Gasteiger partial charge in [-0.15, -0.1) is 0 Å². The zero-order chi connectivity index (χ0) is 49.7. The number of nitrogens with one attached hydrogen (secondary N) is 2. The number of fused-ring (bicyclic) bond motifs is 8. The topological polar surface area (TPSA) is 82.4 Å². The van der Waals surface area contributed by atoms with Gasteiger partial charge in [-0.1, -0.05) is 0 Å². The van der Waals surface area contributed by atoms with Gasteiger partial charge in [-0.25, -0.2) is 28.3 Å². The molecule has 0 fully saturated rings. The van der Waals surface area contributed by atoms with Crippen molar-refractivity contribution in [2.75, 3.05) is 113 Å². The third-order valence-electron chi connectivity index (χ3n) is 10.3. The van der Waals surface area contributed by atoms with Crippen LogP contribution in [0.2, 0.25) is 0 Å². The molecule has 0 amide bonds. The van der Waals surface area contributed by atoms with E-state index in [9.17, 15) is 0 Å². The highest BCUT2D eigenvalue weighted by Gasteiger charge is 2.20. The fourth-order valence-corrected chi connectivity index (χ4v) is 7.14. The second-order valence-electron chi connectivity index (χ2n) is 18.6. The van der Waals surface area contributed by atoms with Crippen LogP contribution in [0.3, 0.4) is 0 Å². The summed E-state index contributed by atoms with van der Waals surface area (Å²) in [4.78, 5) is 27.2. The van der Waals surface area contributed by atoms with Gasteiger partial charge in [0.15, 0.2) is 24.9 Å². The van der Waals surface area contributed by atoms with Crippen LogP contribution in [0.15, 0.2) is 97.7 Å². The van der Waals surface area contributed by atoms with E-state index in [-0.39, 0.29) is 49.6 Å². The first-order chi connectivity index (χ1) is 32.3. The van der Waals surface area contributed by atoms with Crippen molar-refractivity contribution < 1.29 is 67.9 Å². The van der Waals surface area contributed by atoms with Crippen LogP contribution in [0.4, 0.5) is 0 Å². The smallest absolute Gasteiger partial charge is 0.163 e. The maximum absolute atomic E-state index is 5.59. The van der Waals surface area contributed by atoms with E-state index in [0.717, 1.165) is 89.4 Å². The quantitative estimate of drug-likeness (QED) is 0.0595. The standard InChI is InChI=1S/C56H73N12.4ClH/c1-61(2)33-25-41(26-34-62(3)4)53-45-17-19-47(57-45)54(42(27-35-63(5)6)28-36-64(7)8)49-21-23-51(59-49)56(44(31-39-67(13)14)32-40-68(15)16)52-24-22-50(60-52)55(48-20-18-46(53)58-48)43(29-37-65(9)10)30-38-66(11)12;;;;/h17-40H,1-16H3,(H,57,58,59,60);4*1H/q+3;;;;/p-3. The minimum atomic E-state index is 0. The molecule has 16 heteroatoms. The van der Waals surface area contributed by atoms with Crippen LogP contribution < -0.4 is 49.6 Å². The molecule has 3 aromatic heterocycles. The van der Waals surface area contributed by atoms with Crippen LogP contribution in [0, 0.1) is 0 Å². The molecule has 5 rings (SSSR count). The molecular formula is C56H74Cl4N12. The molecule has 3 aromatic rings. The number of aromatic nitrogens is 4. The third kappa shape index (κ3) is 18.0. The lowest BCUT2D eigenvalue weighted by Crippen LogP contribution is -3.00. The summed E-state index contributed by atoms with van der Waals surface area (Å²) >= 11 is 0. The van der Waals surface area contributed by atoms with Gasteiger partial charge in [-0.05, 0) is 120 Å². The lowest BCUT2D eigenvalue weighted by atomic mass is 10.0. The van der Waals surface area contributed by atoms with Crippen molar-refractivity contribution in [2.45, 2.75) is 0 Å². The van der Waals surface area contributed by atoms with Crippen molar-refractivity contribution >= 4 is 93.5 Å². The second-order valence-corrected chi connectivity index (χ2v) is 18.6. The van der Waals surface area contributed by atoms with Gasteiger partial charge in [0.2, 0.25) is 0 Å². The molecule has 0 aliphatic carbocycles. The molecule has 5 heterocycles. The first-order valence-corrected chi connectivity index (χ1v) is 22.7. The van der Waals surface area contributed by atoms with Gasteiger partial charge in [0.1, 0.15) is 56.4 Å². The maximum Gasteiger partial charge on any atom is 0.163 e. The van der Waals surface area contributed by atoms with E-state index in [1.165, 1.54) is 0 Å². The summed E-state index contributed by atoms with van der Waals surface area (Å²) in [5, 5.41) is 0. The second kappa shape index (κ2) is 29.8. The Hall–Kier alpha value is -6.44. The molecule has 72 heavy (non-hydrogen) atoms. The molecule has 0 radical (unpaired) electrons. The van der Waals surface area contributed by atoms with Crippen LogP contribution in [0.25, 0.3) is 68.7 Å². The van der Waals surface area contributed by atoms with Gasteiger partial charge in [-0.2, -0.15) is 0 Å². The van der Waals surface area contributed by atoms with E-state index in [1.54, 1.807) is 0 Å². The third-order valence-corrected chi connectivity index (χ3v) is 10.3. The molecule has 0 saturated carbocycles. The first kappa shape index (κ1) is 63.6. The van der Waals surface area contributed by atoms with Crippen LogP contribution in [0.5, 0.6) is 0 Å². The van der Waals surface area contributed by atoms with E-state index in [1.807, 2.05) is 151 Å². The van der Waals surface area contributed by atoms with Crippen molar-refractivity contribution in [3.8, 4) is 0 Å². The van der Waals surface area contributed by atoms with Crippen molar-refractivity contribution in [3.63, 3.8) is 0 Å². The largest absolute Gasteiger partial charge is 1.00 e. The lowest BCUT2D eigenvalue weighted by molar-refractivity contribution is -0.458. The molecule has 0 saturated heterocycles. The SMILES string of the molecule is CN(C)/C=C/C(=C\C=[N+](C)C)c1c2nc(c(C(/C=C/N(C)C)=C/C=[N+](C)C)c3ccc([nH]3)c(C(/C=C/N(C)C)=C/C=[N+](C)C)c3nc(c(C(/C=C/N(C)C)=C/C=[N+](C)C)c4ccc1[nH]4)C=C3)C=C2.[Cl-].[Cl-].[Cl-].[Cl-]. The zero-order valence-corrected chi connectivity index (χ0v) is 47.9. The molecule has 2 aliphatic heterocycles. The Morgan fingerprint density at radius 1 is 0.361 bits per heavy atom. The minimum Gasteiger partial charge on any atom is -1.00 e. The van der Waals surface area contributed by atoms with Gasteiger partial charge < -0.3 is 79.2 Å². The Labute approximate surface area is 453 Å². The number of aromatic amines is 2. The number of rotatable bonds is 16. The highest BCUT2D eigenvalue weighted by Crippen LogP contribution is 2.35. The molecule has 386 valence electrons. The lowest BCUT2D eigenvalue weighted by Gasteiger charge is -2.10.